The predicted octanol–water partition coefficient (Wildman–Crippen LogP) is 3.05. The van der Waals surface area contributed by atoms with Crippen molar-refractivity contribution in [1.82, 2.24) is 9.88 Å². The summed E-state index contributed by atoms with van der Waals surface area (Å²) >= 11 is 0. The van der Waals surface area contributed by atoms with Crippen LogP contribution in [0.3, 0.4) is 0 Å². The maximum atomic E-state index is 13.4. The first-order valence-corrected chi connectivity index (χ1v) is 10.3. The van der Waals surface area contributed by atoms with Gasteiger partial charge in [0.1, 0.15) is 17.2 Å². The number of hydrogen-bond donors (Lipinski definition) is 0. The van der Waals surface area contributed by atoms with Crippen LogP contribution in [0.15, 0.2) is 42.7 Å². The Morgan fingerprint density at radius 1 is 1.10 bits per heavy atom. The van der Waals surface area contributed by atoms with Gasteiger partial charge >= 0.3 is 0 Å². The molecule has 0 bridgehead atoms. The molecule has 2 aliphatic heterocycles. The van der Waals surface area contributed by atoms with E-state index in [0.29, 0.717) is 36.8 Å². The van der Waals surface area contributed by atoms with Gasteiger partial charge in [-0.2, -0.15) is 0 Å². The Morgan fingerprint density at radius 2 is 1.77 bits per heavy atom. The molecule has 0 radical (unpaired) electrons. The van der Waals surface area contributed by atoms with Gasteiger partial charge in [0.05, 0.1) is 20.8 Å². The number of aromatic nitrogens is 1. The van der Waals surface area contributed by atoms with E-state index in [1.54, 1.807) is 44.8 Å². The Bertz CT molecular complexity index is 845. The molecule has 0 aliphatic carbocycles. The summed E-state index contributed by atoms with van der Waals surface area (Å²) in [5.74, 6) is 2.25. The summed E-state index contributed by atoms with van der Waals surface area (Å²) in [4.78, 5) is 19.3. The molecule has 4 rings (SSSR count). The summed E-state index contributed by atoms with van der Waals surface area (Å²) < 4.78 is 22.4. The van der Waals surface area contributed by atoms with E-state index in [2.05, 4.69) is 4.98 Å². The van der Waals surface area contributed by atoms with E-state index < -0.39 is 0 Å². The highest BCUT2D eigenvalue weighted by atomic mass is 16.5. The zero-order valence-corrected chi connectivity index (χ0v) is 17.5. The van der Waals surface area contributed by atoms with E-state index >= 15 is 0 Å². The molecule has 1 aromatic heterocycles. The number of amides is 1. The number of rotatable bonds is 6. The summed E-state index contributed by atoms with van der Waals surface area (Å²) in [6.45, 7) is 3.37. The second-order valence-corrected chi connectivity index (χ2v) is 7.95. The topological polar surface area (TPSA) is 70.1 Å². The van der Waals surface area contributed by atoms with Crippen LogP contribution in [0.1, 0.15) is 23.2 Å². The first-order valence-electron chi connectivity index (χ1n) is 10.3. The van der Waals surface area contributed by atoms with Crippen LogP contribution in [0.4, 0.5) is 0 Å². The Balaban J connectivity index is 1.54. The number of benzene rings is 1. The van der Waals surface area contributed by atoms with Gasteiger partial charge < -0.3 is 23.8 Å². The first kappa shape index (κ1) is 20.5. The summed E-state index contributed by atoms with van der Waals surface area (Å²) in [5.41, 5.74) is 0.591. The molecule has 7 heteroatoms. The first-order chi connectivity index (χ1) is 14.6. The van der Waals surface area contributed by atoms with E-state index in [4.69, 9.17) is 18.9 Å². The third kappa shape index (κ3) is 4.21. The van der Waals surface area contributed by atoms with Gasteiger partial charge in [0.25, 0.3) is 5.91 Å². The minimum absolute atomic E-state index is 0.00974. The highest BCUT2D eigenvalue weighted by molar-refractivity contribution is 5.95. The number of ether oxygens (including phenoxy) is 4. The third-order valence-corrected chi connectivity index (χ3v) is 6.29. The number of likely N-dealkylation sites (tertiary alicyclic amines) is 1. The average Bonchev–Trinajstić information content (AvgIpc) is 3.15. The molecule has 0 N–H and O–H groups in total. The van der Waals surface area contributed by atoms with Gasteiger partial charge in [0.15, 0.2) is 0 Å². The van der Waals surface area contributed by atoms with Gasteiger partial charge in [-0.15, -0.1) is 0 Å². The van der Waals surface area contributed by atoms with Crippen LogP contribution in [-0.4, -0.2) is 62.9 Å². The van der Waals surface area contributed by atoms with Crippen LogP contribution >= 0.6 is 0 Å². The maximum Gasteiger partial charge on any atom is 0.254 e. The second kappa shape index (κ2) is 8.92. The SMILES string of the molecule is COc1cc(OC)cc(C(=O)N2C[C@H](COc3ccncc3)C3(CCOCC3)C2)c1. The lowest BCUT2D eigenvalue weighted by molar-refractivity contribution is -0.00909. The van der Waals surface area contributed by atoms with Gasteiger partial charge in [0, 0.05) is 61.7 Å². The molecule has 2 aliphatic rings. The van der Waals surface area contributed by atoms with Crippen molar-refractivity contribution in [2.45, 2.75) is 12.8 Å². The Kier molecular flexibility index (Phi) is 6.08. The zero-order chi connectivity index (χ0) is 21.0. The van der Waals surface area contributed by atoms with E-state index in [-0.39, 0.29) is 17.2 Å². The number of carbonyl (C=O) groups excluding carboxylic acids is 1. The minimum Gasteiger partial charge on any atom is -0.497 e. The van der Waals surface area contributed by atoms with Crippen molar-refractivity contribution in [3.05, 3.63) is 48.3 Å². The van der Waals surface area contributed by atoms with Crippen molar-refractivity contribution in [2.24, 2.45) is 11.3 Å². The molecule has 2 fully saturated rings. The Hall–Kier alpha value is -2.80. The number of hydrogen-bond acceptors (Lipinski definition) is 6. The lowest BCUT2D eigenvalue weighted by Crippen LogP contribution is -2.39. The third-order valence-electron chi connectivity index (χ3n) is 6.29. The zero-order valence-electron chi connectivity index (χ0n) is 17.5. The number of pyridine rings is 1. The molecule has 1 atom stereocenters. The molecular formula is C23H28N2O5. The largest absolute Gasteiger partial charge is 0.497 e. The van der Waals surface area contributed by atoms with Crippen LogP contribution in [0, 0.1) is 11.3 Å². The summed E-state index contributed by atoms with van der Waals surface area (Å²) in [6.07, 6.45) is 5.31. The normalized spacial score (nSPS) is 20.2. The van der Waals surface area contributed by atoms with Crippen LogP contribution in [0.25, 0.3) is 0 Å². The predicted molar refractivity (Wildman–Crippen MR) is 111 cm³/mol. The molecular weight excluding hydrogens is 384 g/mol. The van der Waals surface area contributed by atoms with Gasteiger partial charge in [-0.05, 0) is 37.1 Å². The van der Waals surface area contributed by atoms with E-state index in [1.165, 1.54) is 0 Å². The monoisotopic (exact) mass is 412 g/mol. The van der Waals surface area contributed by atoms with Gasteiger partial charge in [-0.25, -0.2) is 0 Å². The number of carbonyl (C=O) groups is 1. The summed E-state index contributed by atoms with van der Waals surface area (Å²) in [5, 5.41) is 0. The fourth-order valence-corrected chi connectivity index (χ4v) is 4.51. The van der Waals surface area contributed by atoms with Gasteiger partial charge in [-0.3, -0.25) is 9.78 Å². The molecule has 0 saturated carbocycles. The summed E-state index contributed by atoms with van der Waals surface area (Å²) in [6, 6.07) is 9.02. The summed E-state index contributed by atoms with van der Waals surface area (Å²) in [7, 11) is 3.17. The van der Waals surface area contributed by atoms with Crippen molar-refractivity contribution in [1.29, 1.82) is 0 Å². The number of nitrogens with zero attached hydrogens (tertiary/aromatic N) is 2. The standard InChI is InChI=1S/C23H28N2O5/c1-27-20-11-17(12-21(13-20)28-2)22(26)25-14-18(15-30-19-3-7-24-8-4-19)23(16-25)5-9-29-10-6-23/h3-4,7-8,11-13,18H,5-6,9-10,14-16H2,1-2H3/t18-/m1/s1. The minimum atomic E-state index is -0.00974. The van der Waals surface area contributed by atoms with Crippen LogP contribution in [-0.2, 0) is 4.74 Å². The Morgan fingerprint density at radius 3 is 2.40 bits per heavy atom. The van der Waals surface area contributed by atoms with Crippen LogP contribution in [0.2, 0.25) is 0 Å². The molecule has 160 valence electrons. The molecule has 1 aromatic carbocycles. The van der Waals surface area contributed by atoms with Crippen molar-refractivity contribution in [2.75, 3.05) is 47.1 Å². The molecule has 30 heavy (non-hydrogen) atoms. The Labute approximate surface area is 176 Å². The highest BCUT2D eigenvalue weighted by Crippen LogP contribution is 2.45. The molecule has 7 nitrogen and oxygen atoms in total. The molecule has 2 aromatic rings. The van der Waals surface area contributed by atoms with Crippen LogP contribution in [0.5, 0.6) is 17.2 Å². The second-order valence-electron chi connectivity index (χ2n) is 7.95. The average molecular weight is 412 g/mol. The molecule has 1 spiro atoms. The smallest absolute Gasteiger partial charge is 0.254 e. The fourth-order valence-electron chi connectivity index (χ4n) is 4.51. The lowest BCUT2D eigenvalue weighted by atomic mass is 9.72. The van der Waals surface area contributed by atoms with Crippen molar-refractivity contribution >= 4 is 5.91 Å². The lowest BCUT2D eigenvalue weighted by Gasteiger charge is -2.37. The van der Waals surface area contributed by atoms with E-state index in [1.807, 2.05) is 17.0 Å². The van der Waals surface area contributed by atoms with Crippen LogP contribution < -0.4 is 14.2 Å². The van der Waals surface area contributed by atoms with Crippen molar-refractivity contribution in [3.63, 3.8) is 0 Å². The van der Waals surface area contributed by atoms with Gasteiger partial charge in [-0.1, -0.05) is 0 Å². The van der Waals surface area contributed by atoms with Crippen molar-refractivity contribution < 1.29 is 23.7 Å². The van der Waals surface area contributed by atoms with E-state index in [9.17, 15) is 4.79 Å². The maximum absolute atomic E-state index is 13.4. The highest BCUT2D eigenvalue weighted by Gasteiger charge is 2.49. The quantitative estimate of drug-likeness (QED) is 0.726. The van der Waals surface area contributed by atoms with Crippen molar-refractivity contribution in [3.8, 4) is 17.2 Å². The number of methoxy groups -OCH3 is 2. The molecule has 2 saturated heterocycles. The van der Waals surface area contributed by atoms with Gasteiger partial charge in [0.2, 0.25) is 0 Å². The molecule has 3 heterocycles. The van der Waals surface area contributed by atoms with E-state index in [0.717, 1.165) is 31.8 Å². The molecule has 1 amide bonds. The fraction of sp³-hybridized carbons (Fsp3) is 0.478. The molecule has 0 unspecified atom stereocenters.